The number of nitrogens with zero attached hydrogens (tertiary/aromatic N) is 1. The Hall–Kier alpha value is -1.27. The summed E-state index contributed by atoms with van der Waals surface area (Å²) in [6.07, 6.45) is 4.49. The van der Waals surface area contributed by atoms with Crippen LogP contribution in [-0.2, 0) is 22.4 Å². The molecule has 2 rings (SSSR count). The van der Waals surface area contributed by atoms with E-state index in [1.54, 1.807) is 19.6 Å². The first-order chi connectivity index (χ1) is 10.2. The molecule has 23 heavy (non-hydrogen) atoms. The van der Waals surface area contributed by atoms with Crippen LogP contribution in [0.5, 0.6) is 0 Å². The van der Waals surface area contributed by atoms with Crippen molar-refractivity contribution in [1.82, 2.24) is 15.3 Å². The molecule has 0 spiro atoms. The monoisotopic (exact) mass is 379 g/mol. The number of halogens is 3. The lowest BCUT2D eigenvalue weighted by Gasteiger charge is -2.14. The lowest BCUT2D eigenvalue weighted by Crippen LogP contribution is -2.37. The Morgan fingerprint density at radius 2 is 2.04 bits per heavy atom. The Labute approximate surface area is 153 Å². The summed E-state index contributed by atoms with van der Waals surface area (Å²) in [5.41, 5.74) is 1.98. The molecule has 0 bridgehead atoms. The first-order valence-corrected chi connectivity index (χ1v) is 7.12. The summed E-state index contributed by atoms with van der Waals surface area (Å²) in [5, 5.41) is 3.66. The number of H-pyrrole nitrogens is 1. The Morgan fingerprint density at radius 1 is 1.35 bits per heavy atom. The van der Waals surface area contributed by atoms with Gasteiger partial charge in [-0.05, 0) is 24.7 Å². The van der Waals surface area contributed by atoms with Gasteiger partial charge in [-0.3, -0.25) is 4.79 Å². The summed E-state index contributed by atoms with van der Waals surface area (Å²) in [6, 6.07) is 7.13. The molecule has 2 N–H and O–H groups in total. The number of nitrogens with one attached hydrogen (secondary N) is 2. The van der Waals surface area contributed by atoms with E-state index in [1.165, 1.54) is 0 Å². The fourth-order valence-electron chi connectivity index (χ4n) is 1.94. The van der Waals surface area contributed by atoms with E-state index in [-0.39, 0.29) is 36.8 Å². The number of carbonyl (C=O) groups is 1. The molecule has 0 saturated carbocycles. The second kappa shape index (κ2) is 11.3. The molecule has 1 heterocycles. The van der Waals surface area contributed by atoms with E-state index in [9.17, 15) is 4.79 Å². The standard InChI is InChI=1S/C15H18ClN3O2.2ClH/c1-17-14(8-13-9-18-10-19-13)15(20)21-7-6-11-2-4-12(16)5-3-11;;/h2-5,9-10,14,17H,6-8H2,1H3,(H,18,19);2*1H/t14-;;/m0../s1. The van der Waals surface area contributed by atoms with E-state index < -0.39 is 0 Å². The number of benzene rings is 1. The number of aromatic nitrogens is 2. The summed E-state index contributed by atoms with van der Waals surface area (Å²) >= 11 is 5.82. The van der Waals surface area contributed by atoms with E-state index in [0.717, 1.165) is 11.3 Å². The third-order valence-corrected chi connectivity index (χ3v) is 3.41. The molecule has 0 aliphatic rings. The van der Waals surface area contributed by atoms with Crippen molar-refractivity contribution in [3.8, 4) is 0 Å². The second-order valence-corrected chi connectivity index (χ2v) is 5.10. The van der Waals surface area contributed by atoms with Crippen molar-refractivity contribution < 1.29 is 9.53 Å². The van der Waals surface area contributed by atoms with Gasteiger partial charge >= 0.3 is 5.97 Å². The van der Waals surface area contributed by atoms with E-state index in [1.807, 2.05) is 24.3 Å². The van der Waals surface area contributed by atoms with Gasteiger partial charge in [-0.1, -0.05) is 23.7 Å². The van der Waals surface area contributed by atoms with Crippen LogP contribution >= 0.6 is 36.4 Å². The van der Waals surface area contributed by atoms with Crippen molar-refractivity contribution in [1.29, 1.82) is 0 Å². The van der Waals surface area contributed by atoms with Crippen LogP contribution in [-0.4, -0.2) is 35.6 Å². The summed E-state index contributed by atoms with van der Waals surface area (Å²) in [5.74, 6) is -0.263. The lowest BCUT2D eigenvalue weighted by atomic mass is 10.1. The number of ether oxygens (including phenoxy) is 1. The third-order valence-electron chi connectivity index (χ3n) is 3.16. The Kier molecular flexibility index (Phi) is 10.7. The van der Waals surface area contributed by atoms with Crippen molar-refractivity contribution >= 4 is 42.4 Å². The molecule has 8 heteroatoms. The molecule has 5 nitrogen and oxygen atoms in total. The molecule has 1 atom stereocenters. The Balaban J connectivity index is 0.00000242. The van der Waals surface area contributed by atoms with E-state index in [0.29, 0.717) is 24.5 Å². The maximum absolute atomic E-state index is 12.0. The highest BCUT2D eigenvalue weighted by Crippen LogP contribution is 2.10. The van der Waals surface area contributed by atoms with Crippen LogP contribution in [0.1, 0.15) is 11.3 Å². The smallest absolute Gasteiger partial charge is 0.323 e. The predicted octanol–water partition coefficient (Wildman–Crippen LogP) is 2.82. The summed E-state index contributed by atoms with van der Waals surface area (Å²) in [6.45, 7) is 0.349. The molecule has 2 aromatic rings. The number of hydrogen-bond acceptors (Lipinski definition) is 4. The van der Waals surface area contributed by atoms with E-state index >= 15 is 0 Å². The van der Waals surface area contributed by atoms with Gasteiger partial charge in [0.1, 0.15) is 6.04 Å². The minimum absolute atomic E-state index is 0. The van der Waals surface area contributed by atoms with Gasteiger partial charge in [0.2, 0.25) is 0 Å². The highest BCUT2D eigenvalue weighted by Gasteiger charge is 2.18. The molecule has 0 radical (unpaired) electrons. The second-order valence-electron chi connectivity index (χ2n) is 4.67. The largest absolute Gasteiger partial charge is 0.464 e. The zero-order chi connectivity index (χ0) is 15.1. The average molecular weight is 381 g/mol. The molecule has 0 aliphatic carbocycles. The highest BCUT2D eigenvalue weighted by molar-refractivity contribution is 6.30. The van der Waals surface area contributed by atoms with Crippen LogP contribution in [0.25, 0.3) is 0 Å². The quantitative estimate of drug-likeness (QED) is 0.725. The van der Waals surface area contributed by atoms with Crippen LogP contribution in [0.3, 0.4) is 0 Å². The van der Waals surface area contributed by atoms with Crippen molar-refractivity contribution in [2.75, 3.05) is 13.7 Å². The Bertz CT molecular complexity index is 562. The molecule has 128 valence electrons. The number of esters is 1. The van der Waals surface area contributed by atoms with Gasteiger partial charge in [-0.15, -0.1) is 24.8 Å². The molecule has 1 aromatic heterocycles. The minimum Gasteiger partial charge on any atom is -0.464 e. The number of hydrogen-bond donors (Lipinski definition) is 2. The van der Waals surface area contributed by atoms with Gasteiger partial charge in [0.15, 0.2) is 0 Å². The van der Waals surface area contributed by atoms with Crippen LogP contribution in [0, 0.1) is 0 Å². The maximum Gasteiger partial charge on any atom is 0.323 e. The highest BCUT2D eigenvalue weighted by atomic mass is 35.5. The average Bonchev–Trinajstić information content (AvgIpc) is 2.99. The van der Waals surface area contributed by atoms with E-state index in [4.69, 9.17) is 16.3 Å². The van der Waals surface area contributed by atoms with Gasteiger partial charge in [0, 0.05) is 29.8 Å². The molecule has 0 unspecified atom stereocenters. The van der Waals surface area contributed by atoms with Crippen molar-refractivity contribution in [3.05, 3.63) is 53.1 Å². The van der Waals surface area contributed by atoms with Gasteiger partial charge in [-0.25, -0.2) is 4.98 Å². The van der Waals surface area contributed by atoms with Crippen molar-refractivity contribution in [2.45, 2.75) is 18.9 Å². The molecular formula is C15H20Cl3N3O2. The Morgan fingerprint density at radius 3 is 2.61 bits per heavy atom. The fraction of sp³-hybridized carbons (Fsp3) is 0.333. The van der Waals surface area contributed by atoms with E-state index in [2.05, 4.69) is 15.3 Å². The molecule has 0 aliphatic heterocycles. The summed E-state index contributed by atoms with van der Waals surface area (Å²) in [7, 11) is 1.74. The summed E-state index contributed by atoms with van der Waals surface area (Å²) < 4.78 is 5.31. The van der Waals surface area contributed by atoms with Crippen LogP contribution in [0.15, 0.2) is 36.8 Å². The minimum atomic E-state index is -0.379. The van der Waals surface area contributed by atoms with Crippen molar-refractivity contribution in [3.63, 3.8) is 0 Å². The predicted molar refractivity (Wildman–Crippen MR) is 95.8 cm³/mol. The van der Waals surface area contributed by atoms with Crippen LogP contribution in [0.4, 0.5) is 0 Å². The van der Waals surface area contributed by atoms with Gasteiger partial charge in [-0.2, -0.15) is 0 Å². The first kappa shape index (κ1) is 21.7. The fourth-order valence-corrected chi connectivity index (χ4v) is 2.07. The van der Waals surface area contributed by atoms with Gasteiger partial charge in [0.05, 0.1) is 12.9 Å². The third kappa shape index (κ3) is 7.22. The molecule has 0 saturated heterocycles. The SMILES string of the molecule is CN[C@@H](Cc1cnc[nH]1)C(=O)OCCc1ccc(Cl)cc1.Cl.Cl. The zero-order valence-corrected chi connectivity index (χ0v) is 15.0. The normalized spacial score (nSPS) is 11.0. The lowest BCUT2D eigenvalue weighted by molar-refractivity contribution is -0.145. The zero-order valence-electron chi connectivity index (χ0n) is 12.6. The topological polar surface area (TPSA) is 67.0 Å². The maximum atomic E-state index is 12.0. The number of imidazole rings is 1. The molecule has 0 fully saturated rings. The van der Waals surface area contributed by atoms with Gasteiger partial charge in [0.25, 0.3) is 0 Å². The van der Waals surface area contributed by atoms with Crippen LogP contribution in [0.2, 0.25) is 5.02 Å². The molecule has 1 aromatic carbocycles. The first-order valence-electron chi connectivity index (χ1n) is 6.74. The number of carbonyl (C=O) groups excluding carboxylic acids is 1. The van der Waals surface area contributed by atoms with Crippen LogP contribution < -0.4 is 5.32 Å². The summed E-state index contributed by atoms with van der Waals surface area (Å²) in [4.78, 5) is 18.9. The number of likely N-dealkylation sites (N-methyl/N-ethyl adjacent to an activating group) is 1. The van der Waals surface area contributed by atoms with Gasteiger partial charge < -0.3 is 15.0 Å². The number of aromatic amines is 1. The number of rotatable bonds is 7. The van der Waals surface area contributed by atoms with Crippen molar-refractivity contribution in [2.24, 2.45) is 0 Å². The molecule has 0 amide bonds. The molecular weight excluding hydrogens is 361 g/mol.